The number of halogens is 1. The molecule has 4 aliphatic rings. The van der Waals surface area contributed by atoms with Crippen LogP contribution in [0.4, 0.5) is 0 Å². The highest BCUT2D eigenvalue weighted by Gasteiger charge is 2.50. The Morgan fingerprint density at radius 1 is 1.00 bits per heavy atom. The Hall–Kier alpha value is -0.730. The van der Waals surface area contributed by atoms with Crippen molar-refractivity contribution in [1.29, 1.82) is 0 Å². The molecule has 3 atom stereocenters. The van der Waals surface area contributed by atoms with Gasteiger partial charge in [-0.15, -0.1) is 0 Å². The molecule has 0 spiro atoms. The van der Waals surface area contributed by atoms with E-state index >= 15 is 0 Å². The summed E-state index contributed by atoms with van der Waals surface area (Å²) >= 11 is 5.90. The van der Waals surface area contributed by atoms with Crippen molar-refractivity contribution in [3.05, 3.63) is 29.3 Å². The van der Waals surface area contributed by atoms with Gasteiger partial charge in [-0.3, -0.25) is 0 Å². The second-order valence-corrected chi connectivity index (χ2v) is 6.66. The molecule has 2 saturated heterocycles. The standard InChI is InChI=1S/C16H19ClO2/c17-13-4-6-14(7-5-13)18-16-12-8-10-2-1-3-11(9-12)15(10)19-16/h4-7,10-12,15-16H,1-3,8-9H2. The summed E-state index contributed by atoms with van der Waals surface area (Å²) in [5.41, 5.74) is 0. The maximum Gasteiger partial charge on any atom is 0.202 e. The smallest absolute Gasteiger partial charge is 0.202 e. The van der Waals surface area contributed by atoms with E-state index < -0.39 is 0 Å². The Morgan fingerprint density at radius 2 is 1.68 bits per heavy atom. The summed E-state index contributed by atoms with van der Waals surface area (Å²) in [4.78, 5) is 0. The first kappa shape index (κ1) is 12.0. The zero-order chi connectivity index (χ0) is 12.8. The van der Waals surface area contributed by atoms with E-state index in [1.165, 1.54) is 32.1 Å². The molecule has 2 saturated carbocycles. The van der Waals surface area contributed by atoms with Crippen molar-refractivity contribution in [2.75, 3.05) is 0 Å². The van der Waals surface area contributed by atoms with Gasteiger partial charge in [0, 0.05) is 10.9 Å². The molecule has 3 unspecified atom stereocenters. The summed E-state index contributed by atoms with van der Waals surface area (Å²) in [7, 11) is 0. The zero-order valence-corrected chi connectivity index (χ0v) is 11.7. The van der Waals surface area contributed by atoms with Crippen LogP contribution < -0.4 is 4.74 Å². The average Bonchev–Trinajstić information content (AvgIpc) is 2.41. The second kappa shape index (κ2) is 4.68. The molecule has 2 nitrogen and oxygen atoms in total. The third-order valence-corrected chi connectivity index (χ3v) is 5.28. The van der Waals surface area contributed by atoms with Crippen LogP contribution in [0.15, 0.2) is 24.3 Å². The number of hydrogen-bond donors (Lipinski definition) is 0. The fraction of sp³-hybridized carbons (Fsp3) is 0.625. The average molecular weight is 279 g/mol. The van der Waals surface area contributed by atoms with E-state index in [0.717, 1.165) is 22.6 Å². The number of benzene rings is 1. The van der Waals surface area contributed by atoms with Gasteiger partial charge in [0.25, 0.3) is 0 Å². The molecular weight excluding hydrogens is 260 g/mol. The molecule has 4 fully saturated rings. The molecular formula is C16H19ClO2. The van der Waals surface area contributed by atoms with Crippen LogP contribution >= 0.6 is 11.6 Å². The highest BCUT2D eigenvalue weighted by Crippen LogP contribution is 2.50. The number of rotatable bonds is 2. The molecule has 1 aromatic carbocycles. The molecule has 0 N–H and O–H groups in total. The Bertz CT molecular complexity index is 444. The topological polar surface area (TPSA) is 18.5 Å². The van der Waals surface area contributed by atoms with Crippen molar-refractivity contribution in [3.63, 3.8) is 0 Å². The summed E-state index contributed by atoms with van der Waals surface area (Å²) in [6.07, 6.45) is 7.09. The minimum absolute atomic E-state index is 0.0447. The molecule has 4 bridgehead atoms. The highest BCUT2D eigenvalue weighted by atomic mass is 35.5. The van der Waals surface area contributed by atoms with Crippen LogP contribution in [0.1, 0.15) is 32.1 Å². The van der Waals surface area contributed by atoms with Crippen molar-refractivity contribution in [3.8, 4) is 5.75 Å². The van der Waals surface area contributed by atoms with E-state index in [9.17, 15) is 0 Å². The summed E-state index contributed by atoms with van der Waals surface area (Å²) < 4.78 is 12.3. The Balaban J connectivity index is 1.48. The van der Waals surface area contributed by atoms with Gasteiger partial charge in [-0.05, 0) is 61.8 Å². The monoisotopic (exact) mass is 278 g/mol. The molecule has 1 aromatic rings. The molecule has 102 valence electrons. The van der Waals surface area contributed by atoms with Crippen molar-refractivity contribution in [2.45, 2.75) is 44.5 Å². The largest absolute Gasteiger partial charge is 0.465 e. The first-order valence-electron chi connectivity index (χ1n) is 7.37. The summed E-state index contributed by atoms with van der Waals surface area (Å²) in [5, 5.41) is 0.743. The van der Waals surface area contributed by atoms with Crippen LogP contribution in [0.5, 0.6) is 5.75 Å². The van der Waals surface area contributed by atoms with Gasteiger partial charge in [-0.25, -0.2) is 0 Å². The number of hydrogen-bond acceptors (Lipinski definition) is 2. The molecule has 3 heteroatoms. The van der Waals surface area contributed by atoms with E-state index in [0.29, 0.717) is 12.0 Å². The summed E-state index contributed by atoms with van der Waals surface area (Å²) in [6.45, 7) is 0. The van der Waals surface area contributed by atoms with Crippen LogP contribution in [0, 0.1) is 17.8 Å². The van der Waals surface area contributed by atoms with E-state index in [1.54, 1.807) is 0 Å². The van der Waals surface area contributed by atoms with Crippen molar-refractivity contribution >= 4 is 11.6 Å². The second-order valence-electron chi connectivity index (χ2n) is 6.22. The van der Waals surface area contributed by atoms with Crippen LogP contribution in [0.3, 0.4) is 0 Å². The van der Waals surface area contributed by atoms with E-state index in [1.807, 2.05) is 24.3 Å². The third-order valence-electron chi connectivity index (χ3n) is 5.03. The zero-order valence-electron chi connectivity index (χ0n) is 10.9. The Morgan fingerprint density at radius 3 is 2.32 bits per heavy atom. The third kappa shape index (κ3) is 2.15. The maximum atomic E-state index is 6.23. The van der Waals surface area contributed by atoms with Crippen LogP contribution in [-0.2, 0) is 4.74 Å². The molecule has 0 aromatic heterocycles. The lowest BCUT2D eigenvalue weighted by Gasteiger charge is -2.53. The molecule has 0 amide bonds. The van der Waals surface area contributed by atoms with Gasteiger partial charge in [0.1, 0.15) is 5.75 Å². The van der Waals surface area contributed by atoms with Crippen molar-refractivity contribution in [1.82, 2.24) is 0 Å². The Kier molecular flexibility index (Phi) is 2.96. The SMILES string of the molecule is Clc1ccc(OC2OC3C4CCCC3CC2C4)cc1. The lowest BCUT2D eigenvalue weighted by molar-refractivity contribution is -0.260. The lowest BCUT2D eigenvalue weighted by Crippen LogP contribution is -2.54. The minimum atomic E-state index is -0.0447. The van der Waals surface area contributed by atoms with Crippen LogP contribution in [0.25, 0.3) is 0 Å². The molecule has 0 radical (unpaired) electrons. The van der Waals surface area contributed by atoms with E-state index in [-0.39, 0.29) is 6.29 Å². The van der Waals surface area contributed by atoms with Gasteiger partial charge in [-0.2, -0.15) is 0 Å². The first-order valence-corrected chi connectivity index (χ1v) is 7.75. The van der Waals surface area contributed by atoms with Gasteiger partial charge in [0.15, 0.2) is 0 Å². The fourth-order valence-corrected chi connectivity index (χ4v) is 4.34. The molecule has 19 heavy (non-hydrogen) atoms. The van der Waals surface area contributed by atoms with Crippen molar-refractivity contribution in [2.24, 2.45) is 17.8 Å². The predicted molar refractivity (Wildman–Crippen MR) is 74.3 cm³/mol. The maximum absolute atomic E-state index is 6.23. The highest BCUT2D eigenvalue weighted by molar-refractivity contribution is 6.30. The molecule has 5 rings (SSSR count). The van der Waals surface area contributed by atoms with E-state index in [2.05, 4.69) is 0 Å². The van der Waals surface area contributed by atoms with Crippen LogP contribution in [-0.4, -0.2) is 12.4 Å². The normalized spacial score (nSPS) is 40.2. The number of ether oxygens (including phenoxy) is 2. The van der Waals surface area contributed by atoms with Gasteiger partial charge < -0.3 is 9.47 Å². The fourth-order valence-electron chi connectivity index (χ4n) is 4.22. The summed E-state index contributed by atoms with van der Waals surface area (Å²) in [5.74, 6) is 3.04. The van der Waals surface area contributed by atoms with Crippen molar-refractivity contribution < 1.29 is 9.47 Å². The Labute approximate surface area is 119 Å². The summed E-state index contributed by atoms with van der Waals surface area (Å²) in [6, 6.07) is 7.59. The molecule has 2 aliphatic carbocycles. The molecule has 2 heterocycles. The van der Waals surface area contributed by atoms with Gasteiger partial charge in [0.2, 0.25) is 6.29 Å². The number of fused-ring (bicyclic) bond motifs is 1. The van der Waals surface area contributed by atoms with E-state index in [4.69, 9.17) is 21.1 Å². The van der Waals surface area contributed by atoms with Gasteiger partial charge in [-0.1, -0.05) is 18.0 Å². The quantitative estimate of drug-likeness (QED) is 0.804. The van der Waals surface area contributed by atoms with Gasteiger partial charge >= 0.3 is 0 Å². The molecule has 2 aliphatic heterocycles. The first-order chi connectivity index (χ1) is 9.29. The van der Waals surface area contributed by atoms with Crippen LogP contribution in [0.2, 0.25) is 5.02 Å². The minimum Gasteiger partial charge on any atom is -0.465 e. The lowest BCUT2D eigenvalue weighted by atomic mass is 9.64. The van der Waals surface area contributed by atoms with Gasteiger partial charge in [0.05, 0.1) is 6.10 Å². The predicted octanol–water partition coefficient (Wildman–Crippen LogP) is 4.27.